The van der Waals surface area contributed by atoms with Gasteiger partial charge in [-0.1, -0.05) is 47.1 Å². The van der Waals surface area contributed by atoms with E-state index in [-0.39, 0.29) is 0 Å². The van der Waals surface area contributed by atoms with Crippen molar-refractivity contribution in [2.24, 2.45) is 0 Å². The fraction of sp³-hybridized carbons (Fsp3) is 0.412. The van der Waals surface area contributed by atoms with Crippen molar-refractivity contribution in [3.8, 4) is 0 Å². The summed E-state index contributed by atoms with van der Waals surface area (Å²) in [7, 11) is 0. The number of ether oxygens (including phenoxy) is 1. The number of anilines is 1. The molecule has 3 heteroatoms. The molecule has 2 aromatic rings. The highest BCUT2D eigenvalue weighted by molar-refractivity contribution is 9.10. The molecule has 1 saturated heterocycles. The van der Waals surface area contributed by atoms with E-state index in [0.29, 0.717) is 12.1 Å². The van der Waals surface area contributed by atoms with Gasteiger partial charge in [-0.25, -0.2) is 0 Å². The Balaban J connectivity index is 1.86. The zero-order valence-corrected chi connectivity index (χ0v) is 13.3. The molecular weight excluding hydrogens is 314 g/mol. The molecule has 1 fully saturated rings. The molecule has 20 heavy (non-hydrogen) atoms. The first-order chi connectivity index (χ1) is 9.78. The summed E-state index contributed by atoms with van der Waals surface area (Å²) in [5.74, 6) is 0. The van der Waals surface area contributed by atoms with Gasteiger partial charge in [0.1, 0.15) is 0 Å². The monoisotopic (exact) mass is 333 g/mol. The average molecular weight is 334 g/mol. The van der Waals surface area contributed by atoms with E-state index in [1.165, 1.54) is 16.5 Å². The first-order valence-electron chi connectivity index (χ1n) is 7.33. The molecule has 1 heterocycles. The van der Waals surface area contributed by atoms with Crippen molar-refractivity contribution in [3.05, 3.63) is 40.9 Å². The van der Waals surface area contributed by atoms with Crippen LogP contribution in [0.15, 0.2) is 40.9 Å². The smallest absolute Gasteiger partial charge is 0.0592 e. The van der Waals surface area contributed by atoms with E-state index in [0.717, 1.165) is 30.3 Å². The van der Waals surface area contributed by atoms with Gasteiger partial charge in [0.2, 0.25) is 0 Å². The van der Waals surface area contributed by atoms with Crippen LogP contribution >= 0.6 is 15.9 Å². The third-order valence-electron chi connectivity index (χ3n) is 4.05. The predicted molar refractivity (Wildman–Crippen MR) is 88.3 cm³/mol. The second-order valence-corrected chi connectivity index (χ2v) is 6.26. The molecule has 0 aromatic heterocycles. The van der Waals surface area contributed by atoms with Crippen LogP contribution in [0.3, 0.4) is 0 Å². The Morgan fingerprint density at radius 1 is 1.20 bits per heavy atom. The van der Waals surface area contributed by atoms with Crippen LogP contribution < -0.4 is 5.32 Å². The third kappa shape index (κ3) is 2.84. The molecule has 3 rings (SSSR count). The van der Waals surface area contributed by atoms with Crippen LogP contribution in [0.4, 0.5) is 5.69 Å². The fourth-order valence-corrected chi connectivity index (χ4v) is 3.38. The summed E-state index contributed by atoms with van der Waals surface area (Å²) >= 11 is 3.63. The number of hydrogen-bond acceptors (Lipinski definition) is 2. The molecular formula is C17H20BrNO. The van der Waals surface area contributed by atoms with Crippen molar-refractivity contribution in [2.45, 2.75) is 38.3 Å². The SMILES string of the molecule is CCC1CC(Nc2ccc(Br)c3ccccc23)CCO1. The van der Waals surface area contributed by atoms with Crippen LogP contribution in [-0.2, 0) is 4.74 Å². The maximum Gasteiger partial charge on any atom is 0.0592 e. The van der Waals surface area contributed by atoms with Gasteiger partial charge in [-0.15, -0.1) is 0 Å². The summed E-state index contributed by atoms with van der Waals surface area (Å²) in [4.78, 5) is 0. The topological polar surface area (TPSA) is 21.3 Å². The Morgan fingerprint density at radius 3 is 2.80 bits per heavy atom. The van der Waals surface area contributed by atoms with E-state index in [4.69, 9.17) is 4.74 Å². The number of benzene rings is 2. The second-order valence-electron chi connectivity index (χ2n) is 5.41. The Morgan fingerprint density at radius 2 is 2.00 bits per heavy atom. The highest BCUT2D eigenvalue weighted by Gasteiger charge is 2.21. The number of nitrogens with one attached hydrogen (secondary N) is 1. The van der Waals surface area contributed by atoms with Crippen molar-refractivity contribution in [1.29, 1.82) is 0 Å². The van der Waals surface area contributed by atoms with Gasteiger partial charge in [0.15, 0.2) is 0 Å². The zero-order valence-electron chi connectivity index (χ0n) is 11.7. The van der Waals surface area contributed by atoms with Gasteiger partial charge in [-0.05, 0) is 36.8 Å². The van der Waals surface area contributed by atoms with Gasteiger partial charge in [0.25, 0.3) is 0 Å². The summed E-state index contributed by atoms with van der Waals surface area (Å²) in [6.45, 7) is 3.06. The number of halogens is 1. The van der Waals surface area contributed by atoms with E-state index >= 15 is 0 Å². The Hall–Kier alpha value is -1.06. The van der Waals surface area contributed by atoms with Gasteiger partial charge in [0.05, 0.1) is 6.10 Å². The minimum absolute atomic E-state index is 0.406. The molecule has 0 radical (unpaired) electrons. The maximum absolute atomic E-state index is 5.75. The van der Waals surface area contributed by atoms with Crippen molar-refractivity contribution < 1.29 is 4.74 Å². The van der Waals surface area contributed by atoms with Gasteiger partial charge >= 0.3 is 0 Å². The van der Waals surface area contributed by atoms with E-state index in [1.54, 1.807) is 0 Å². The van der Waals surface area contributed by atoms with E-state index < -0.39 is 0 Å². The second kappa shape index (κ2) is 6.15. The highest BCUT2D eigenvalue weighted by Crippen LogP contribution is 2.31. The molecule has 0 bridgehead atoms. The molecule has 1 N–H and O–H groups in total. The molecule has 1 aliphatic heterocycles. The molecule has 2 unspecified atom stereocenters. The summed E-state index contributed by atoms with van der Waals surface area (Å²) in [5.41, 5.74) is 1.23. The third-order valence-corrected chi connectivity index (χ3v) is 4.74. The largest absolute Gasteiger partial charge is 0.382 e. The standard InChI is InChI=1S/C17H20BrNO/c1-2-13-11-12(9-10-20-13)19-17-8-7-16(18)14-5-3-4-6-15(14)17/h3-8,12-13,19H,2,9-11H2,1H3. The van der Waals surface area contributed by atoms with Crippen LogP contribution in [0.2, 0.25) is 0 Å². The maximum atomic E-state index is 5.75. The molecule has 0 spiro atoms. The summed E-state index contributed by atoms with van der Waals surface area (Å²) < 4.78 is 6.90. The first-order valence-corrected chi connectivity index (χ1v) is 8.12. The lowest BCUT2D eigenvalue weighted by Crippen LogP contribution is -2.33. The number of hydrogen-bond donors (Lipinski definition) is 1. The van der Waals surface area contributed by atoms with Crippen LogP contribution in [-0.4, -0.2) is 18.8 Å². The lowest BCUT2D eigenvalue weighted by Gasteiger charge is -2.30. The predicted octanol–water partition coefficient (Wildman–Crippen LogP) is 4.97. The van der Waals surface area contributed by atoms with Crippen molar-refractivity contribution in [1.82, 2.24) is 0 Å². The fourth-order valence-electron chi connectivity index (χ4n) is 2.90. The summed E-state index contributed by atoms with van der Waals surface area (Å²) in [5, 5.41) is 6.25. The van der Waals surface area contributed by atoms with Crippen LogP contribution in [0.25, 0.3) is 10.8 Å². The van der Waals surface area contributed by atoms with E-state index in [9.17, 15) is 0 Å². The Labute approximate surface area is 128 Å². The molecule has 106 valence electrons. The molecule has 1 aliphatic rings. The normalized spacial score (nSPS) is 22.9. The zero-order chi connectivity index (χ0) is 13.9. The highest BCUT2D eigenvalue weighted by atomic mass is 79.9. The average Bonchev–Trinajstić information content (AvgIpc) is 2.51. The van der Waals surface area contributed by atoms with E-state index in [2.05, 4.69) is 64.6 Å². The lowest BCUT2D eigenvalue weighted by atomic mass is 10.0. The van der Waals surface area contributed by atoms with Crippen molar-refractivity contribution >= 4 is 32.4 Å². The quantitative estimate of drug-likeness (QED) is 0.855. The minimum Gasteiger partial charge on any atom is -0.382 e. The molecule has 2 aromatic carbocycles. The summed E-state index contributed by atoms with van der Waals surface area (Å²) in [6.07, 6.45) is 3.68. The first kappa shape index (κ1) is 13.9. The summed E-state index contributed by atoms with van der Waals surface area (Å²) in [6, 6.07) is 13.3. The van der Waals surface area contributed by atoms with Gasteiger partial charge in [-0.3, -0.25) is 0 Å². The van der Waals surface area contributed by atoms with Crippen molar-refractivity contribution in [2.75, 3.05) is 11.9 Å². The van der Waals surface area contributed by atoms with Gasteiger partial charge in [0, 0.05) is 28.2 Å². The van der Waals surface area contributed by atoms with Crippen LogP contribution in [0.5, 0.6) is 0 Å². The molecule has 0 aliphatic carbocycles. The molecule has 2 atom stereocenters. The van der Waals surface area contributed by atoms with Crippen LogP contribution in [0.1, 0.15) is 26.2 Å². The van der Waals surface area contributed by atoms with Crippen molar-refractivity contribution in [3.63, 3.8) is 0 Å². The molecule has 0 amide bonds. The number of rotatable bonds is 3. The molecule has 2 nitrogen and oxygen atoms in total. The molecule has 0 saturated carbocycles. The Bertz CT molecular complexity index is 599. The number of fused-ring (bicyclic) bond motifs is 1. The Kier molecular flexibility index (Phi) is 4.27. The van der Waals surface area contributed by atoms with E-state index in [1.807, 2.05) is 0 Å². The van der Waals surface area contributed by atoms with Gasteiger partial charge in [-0.2, -0.15) is 0 Å². The van der Waals surface area contributed by atoms with Crippen LogP contribution in [0, 0.1) is 0 Å². The van der Waals surface area contributed by atoms with Gasteiger partial charge < -0.3 is 10.1 Å². The lowest BCUT2D eigenvalue weighted by molar-refractivity contribution is 0.00927. The minimum atomic E-state index is 0.406.